The van der Waals surface area contributed by atoms with E-state index in [1.807, 2.05) is 0 Å². The highest BCUT2D eigenvalue weighted by atomic mass is 15.0. The number of hydrogen-bond acceptors (Lipinski definition) is 1. The zero-order valence-electron chi connectivity index (χ0n) is 12.2. The molecule has 5 rings (SSSR count). The van der Waals surface area contributed by atoms with Gasteiger partial charge in [0, 0.05) is 6.04 Å². The average Bonchev–Trinajstić information content (AvgIpc) is 3.15. The van der Waals surface area contributed by atoms with E-state index in [4.69, 9.17) is 0 Å². The number of fused-ring (bicyclic) bond motifs is 1. The number of aryl methyl sites for hydroxylation is 1. The average molecular weight is 267 g/mol. The minimum absolute atomic E-state index is 0.870. The summed E-state index contributed by atoms with van der Waals surface area (Å²) >= 11 is 0. The quantitative estimate of drug-likeness (QED) is 0.803. The molecule has 1 nitrogen and oxygen atoms in total. The molecule has 0 aliphatic heterocycles. The van der Waals surface area contributed by atoms with Crippen LogP contribution in [0.25, 0.3) is 0 Å². The Labute approximate surface area is 122 Å². The van der Waals surface area contributed by atoms with Crippen molar-refractivity contribution in [2.45, 2.75) is 44.6 Å². The SMILES string of the molecule is c1ccc(CCCNC2C3CC4CC5(CC25)C4C3)cc1. The van der Waals surface area contributed by atoms with Crippen molar-refractivity contribution in [2.75, 3.05) is 6.54 Å². The first-order valence-corrected chi connectivity index (χ1v) is 8.64. The highest BCUT2D eigenvalue weighted by molar-refractivity contribution is 5.26. The van der Waals surface area contributed by atoms with Gasteiger partial charge in [0.25, 0.3) is 0 Å². The third-order valence-electron chi connectivity index (χ3n) is 7.10. The van der Waals surface area contributed by atoms with Gasteiger partial charge in [-0.25, -0.2) is 0 Å². The van der Waals surface area contributed by atoms with E-state index in [0.717, 1.165) is 29.2 Å². The fraction of sp³-hybridized carbons (Fsp3) is 0.684. The molecule has 6 atom stereocenters. The van der Waals surface area contributed by atoms with Crippen molar-refractivity contribution in [3.8, 4) is 0 Å². The molecule has 1 spiro atoms. The van der Waals surface area contributed by atoms with Crippen LogP contribution in [-0.2, 0) is 6.42 Å². The molecule has 0 saturated heterocycles. The Morgan fingerprint density at radius 1 is 1.00 bits per heavy atom. The summed E-state index contributed by atoms with van der Waals surface area (Å²) in [6, 6.07) is 11.8. The third-order valence-corrected chi connectivity index (χ3v) is 7.10. The molecular weight excluding hydrogens is 242 g/mol. The Morgan fingerprint density at radius 3 is 2.80 bits per heavy atom. The second kappa shape index (κ2) is 4.10. The Morgan fingerprint density at radius 2 is 1.90 bits per heavy atom. The van der Waals surface area contributed by atoms with Crippen molar-refractivity contribution >= 4 is 0 Å². The molecule has 1 heteroatoms. The fourth-order valence-electron chi connectivity index (χ4n) is 6.21. The van der Waals surface area contributed by atoms with Crippen LogP contribution in [0.1, 0.15) is 37.7 Å². The van der Waals surface area contributed by atoms with Crippen LogP contribution in [0.15, 0.2) is 30.3 Å². The molecule has 0 amide bonds. The minimum atomic E-state index is 0.870. The fourth-order valence-corrected chi connectivity index (χ4v) is 6.21. The molecule has 20 heavy (non-hydrogen) atoms. The number of benzene rings is 1. The predicted octanol–water partition coefficient (Wildman–Crippen LogP) is 3.64. The lowest BCUT2D eigenvalue weighted by Gasteiger charge is -2.45. The van der Waals surface area contributed by atoms with Crippen molar-refractivity contribution in [3.63, 3.8) is 0 Å². The largest absolute Gasteiger partial charge is 0.313 e. The molecule has 0 aromatic heterocycles. The highest BCUT2D eigenvalue weighted by Gasteiger charge is 2.75. The number of nitrogens with one attached hydrogen (secondary N) is 1. The molecular formula is C19H25N. The lowest BCUT2D eigenvalue weighted by molar-refractivity contribution is 0.0460. The Bertz CT molecular complexity index is 508. The molecule has 4 aliphatic rings. The van der Waals surface area contributed by atoms with Crippen LogP contribution in [0.4, 0.5) is 0 Å². The van der Waals surface area contributed by atoms with Gasteiger partial charge in [-0.1, -0.05) is 30.3 Å². The van der Waals surface area contributed by atoms with Gasteiger partial charge in [0.05, 0.1) is 0 Å². The first-order valence-electron chi connectivity index (χ1n) is 8.64. The summed E-state index contributed by atoms with van der Waals surface area (Å²) in [7, 11) is 0. The first kappa shape index (κ1) is 11.8. The Balaban J connectivity index is 1.16. The van der Waals surface area contributed by atoms with E-state index in [-0.39, 0.29) is 0 Å². The van der Waals surface area contributed by atoms with Gasteiger partial charge in [-0.3, -0.25) is 0 Å². The van der Waals surface area contributed by atoms with Crippen molar-refractivity contribution in [1.29, 1.82) is 0 Å². The highest BCUT2D eigenvalue weighted by Crippen LogP contribution is 2.80. The van der Waals surface area contributed by atoms with Crippen molar-refractivity contribution in [1.82, 2.24) is 5.32 Å². The first-order chi connectivity index (χ1) is 9.87. The van der Waals surface area contributed by atoms with Gasteiger partial charge in [0.2, 0.25) is 0 Å². The molecule has 0 radical (unpaired) electrons. The zero-order valence-corrected chi connectivity index (χ0v) is 12.2. The van der Waals surface area contributed by atoms with Gasteiger partial charge in [-0.05, 0) is 79.7 Å². The summed E-state index contributed by atoms with van der Waals surface area (Å²) in [6.45, 7) is 1.22. The third kappa shape index (κ3) is 1.53. The van der Waals surface area contributed by atoms with E-state index in [1.54, 1.807) is 25.7 Å². The van der Waals surface area contributed by atoms with Gasteiger partial charge in [-0.15, -0.1) is 0 Å². The van der Waals surface area contributed by atoms with E-state index in [0.29, 0.717) is 0 Å². The van der Waals surface area contributed by atoms with Crippen LogP contribution in [0.3, 0.4) is 0 Å². The molecule has 6 unspecified atom stereocenters. The van der Waals surface area contributed by atoms with Gasteiger partial charge in [0.15, 0.2) is 0 Å². The van der Waals surface area contributed by atoms with Crippen LogP contribution in [0, 0.1) is 29.1 Å². The second-order valence-electron chi connectivity index (χ2n) is 7.92. The van der Waals surface area contributed by atoms with Crippen LogP contribution in [0.5, 0.6) is 0 Å². The molecule has 1 aromatic carbocycles. The minimum Gasteiger partial charge on any atom is -0.313 e. The lowest BCUT2D eigenvalue weighted by atomic mass is 9.61. The molecule has 4 aliphatic carbocycles. The number of hydrogen-bond donors (Lipinski definition) is 1. The number of rotatable bonds is 5. The van der Waals surface area contributed by atoms with Crippen molar-refractivity contribution in [3.05, 3.63) is 35.9 Å². The molecule has 1 aromatic rings. The van der Waals surface area contributed by atoms with Gasteiger partial charge < -0.3 is 5.32 Å². The van der Waals surface area contributed by atoms with E-state index in [2.05, 4.69) is 35.6 Å². The van der Waals surface area contributed by atoms with Crippen LogP contribution in [0.2, 0.25) is 0 Å². The lowest BCUT2D eigenvalue weighted by Crippen LogP contribution is -2.45. The maximum absolute atomic E-state index is 3.96. The van der Waals surface area contributed by atoms with E-state index < -0.39 is 0 Å². The molecule has 1 N–H and O–H groups in total. The van der Waals surface area contributed by atoms with E-state index >= 15 is 0 Å². The normalized spacial score (nSPS) is 46.7. The molecule has 106 valence electrons. The van der Waals surface area contributed by atoms with Crippen LogP contribution >= 0.6 is 0 Å². The zero-order chi connectivity index (χ0) is 13.2. The van der Waals surface area contributed by atoms with Gasteiger partial charge >= 0.3 is 0 Å². The van der Waals surface area contributed by atoms with E-state index in [9.17, 15) is 0 Å². The van der Waals surface area contributed by atoms with Crippen molar-refractivity contribution < 1.29 is 0 Å². The van der Waals surface area contributed by atoms with Gasteiger partial charge in [0.1, 0.15) is 0 Å². The van der Waals surface area contributed by atoms with Crippen LogP contribution in [-0.4, -0.2) is 12.6 Å². The monoisotopic (exact) mass is 267 g/mol. The topological polar surface area (TPSA) is 12.0 Å². The van der Waals surface area contributed by atoms with Crippen molar-refractivity contribution in [2.24, 2.45) is 29.1 Å². The Kier molecular flexibility index (Phi) is 2.42. The predicted molar refractivity (Wildman–Crippen MR) is 81.4 cm³/mol. The Hall–Kier alpha value is -0.820. The maximum Gasteiger partial charge on any atom is 0.0129 e. The molecule has 4 fully saturated rings. The van der Waals surface area contributed by atoms with Gasteiger partial charge in [-0.2, -0.15) is 0 Å². The summed E-state index contributed by atoms with van der Waals surface area (Å²) in [5.41, 5.74) is 2.36. The van der Waals surface area contributed by atoms with Crippen LogP contribution < -0.4 is 5.32 Å². The summed E-state index contributed by atoms with van der Waals surface area (Å²) in [5, 5.41) is 3.96. The second-order valence-corrected chi connectivity index (χ2v) is 7.92. The smallest absolute Gasteiger partial charge is 0.0129 e. The molecule has 4 saturated carbocycles. The van der Waals surface area contributed by atoms with E-state index in [1.165, 1.54) is 30.9 Å². The summed E-state index contributed by atoms with van der Waals surface area (Å²) in [4.78, 5) is 0. The summed E-state index contributed by atoms with van der Waals surface area (Å²) in [6.07, 6.45) is 8.81. The summed E-state index contributed by atoms with van der Waals surface area (Å²) < 4.78 is 0. The maximum atomic E-state index is 3.96. The summed E-state index contributed by atoms with van der Waals surface area (Å²) in [5.74, 6) is 4.41. The standard InChI is InChI=1S/C19H25N/c1-2-5-13(6-3-1)7-4-8-20-18-14-9-15-11-19(12-17(18)19)16(15)10-14/h1-3,5-6,14-18,20H,4,7-12H2. The molecule has 2 bridgehead atoms. The molecule has 0 heterocycles.